The number of ether oxygens (including phenoxy) is 1. The van der Waals surface area contributed by atoms with E-state index in [4.69, 9.17) is 4.74 Å². The number of carboxylic acids is 1. The highest BCUT2D eigenvalue weighted by Crippen LogP contribution is 2.30. The molecule has 0 spiro atoms. The minimum Gasteiger partial charge on any atom is -0.478 e. The molecule has 5 heteroatoms. The Labute approximate surface area is 123 Å². The topological polar surface area (TPSA) is 49.8 Å². The predicted molar refractivity (Wildman–Crippen MR) is 75.8 cm³/mol. The van der Waals surface area contributed by atoms with Gasteiger partial charge in [0.1, 0.15) is 5.82 Å². The Kier molecular flexibility index (Phi) is 4.22. The summed E-state index contributed by atoms with van der Waals surface area (Å²) in [5.41, 5.74) is 0.740. The molecule has 1 saturated carbocycles. The normalized spacial score (nSPS) is 26.3. The SMILES string of the molecule is O=C(O)c1cc(F)ccc1CN1CCOC2CCCCC21. The molecule has 3 rings (SSSR count). The molecule has 1 aliphatic carbocycles. The van der Waals surface area contributed by atoms with Gasteiger partial charge in [-0.2, -0.15) is 0 Å². The van der Waals surface area contributed by atoms with E-state index in [1.807, 2.05) is 0 Å². The maximum atomic E-state index is 13.3. The largest absolute Gasteiger partial charge is 0.478 e. The van der Waals surface area contributed by atoms with Gasteiger partial charge in [-0.05, 0) is 30.5 Å². The molecule has 1 aromatic rings. The number of rotatable bonds is 3. The van der Waals surface area contributed by atoms with Gasteiger partial charge >= 0.3 is 5.97 Å². The summed E-state index contributed by atoms with van der Waals surface area (Å²) in [6.45, 7) is 2.04. The second-order valence-electron chi connectivity index (χ2n) is 5.84. The van der Waals surface area contributed by atoms with Crippen LogP contribution in [0.4, 0.5) is 4.39 Å². The molecule has 2 atom stereocenters. The van der Waals surface area contributed by atoms with Crippen LogP contribution in [0.2, 0.25) is 0 Å². The monoisotopic (exact) mass is 293 g/mol. The number of nitrogens with zero attached hydrogens (tertiary/aromatic N) is 1. The van der Waals surface area contributed by atoms with E-state index in [0.29, 0.717) is 24.8 Å². The van der Waals surface area contributed by atoms with Crippen LogP contribution in [0.25, 0.3) is 0 Å². The summed E-state index contributed by atoms with van der Waals surface area (Å²) < 4.78 is 19.1. The van der Waals surface area contributed by atoms with Crippen molar-refractivity contribution in [1.29, 1.82) is 0 Å². The zero-order valence-corrected chi connectivity index (χ0v) is 11.9. The first-order chi connectivity index (χ1) is 10.1. The van der Waals surface area contributed by atoms with Crippen molar-refractivity contribution in [1.82, 2.24) is 4.90 Å². The van der Waals surface area contributed by atoms with Gasteiger partial charge in [0.25, 0.3) is 0 Å². The van der Waals surface area contributed by atoms with Crippen LogP contribution in [-0.2, 0) is 11.3 Å². The van der Waals surface area contributed by atoms with Crippen LogP contribution in [0.5, 0.6) is 0 Å². The Morgan fingerprint density at radius 2 is 2.19 bits per heavy atom. The molecule has 4 nitrogen and oxygen atoms in total. The summed E-state index contributed by atoms with van der Waals surface area (Å²) in [6, 6.07) is 4.39. The Balaban J connectivity index is 1.80. The molecule has 1 N–H and O–H groups in total. The molecule has 114 valence electrons. The van der Waals surface area contributed by atoms with Gasteiger partial charge < -0.3 is 9.84 Å². The minimum atomic E-state index is -1.07. The van der Waals surface area contributed by atoms with Crippen LogP contribution in [0.15, 0.2) is 18.2 Å². The first-order valence-electron chi connectivity index (χ1n) is 7.52. The highest BCUT2D eigenvalue weighted by atomic mass is 19.1. The van der Waals surface area contributed by atoms with Crippen LogP contribution in [0.3, 0.4) is 0 Å². The van der Waals surface area contributed by atoms with Gasteiger partial charge in [-0.3, -0.25) is 4.90 Å². The fourth-order valence-corrected chi connectivity index (χ4v) is 3.48. The molecule has 2 fully saturated rings. The summed E-state index contributed by atoms with van der Waals surface area (Å²) >= 11 is 0. The van der Waals surface area contributed by atoms with E-state index >= 15 is 0 Å². The molecule has 2 unspecified atom stereocenters. The highest BCUT2D eigenvalue weighted by molar-refractivity contribution is 5.89. The summed E-state index contributed by atoms with van der Waals surface area (Å²) in [4.78, 5) is 13.6. The second kappa shape index (κ2) is 6.12. The lowest BCUT2D eigenvalue weighted by molar-refractivity contribution is -0.0911. The lowest BCUT2D eigenvalue weighted by atomic mass is 9.89. The quantitative estimate of drug-likeness (QED) is 0.931. The smallest absolute Gasteiger partial charge is 0.336 e. The number of fused-ring (bicyclic) bond motifs is 1. The van der Waals surface area contributed by atoms with Crippen LogP contribution < -0.4 is 0 Å². The second-order valence-corrected chi connectivity index (χ2v) is 5.84. The van der Waals surface area contributed by atoms with Gasteiger partial charge in [0.15, 0.2) is 0 Å². The fraction of sp³-hybridized carbons (Fsp3) is 0.562. The Hall–Kier alpha value is -1.46. The van der Waals surface area contributed by atoms with E-state index in [9.17, 15) is 14.3 Å². The molecule has 1 saturated heterocycles. The minimum absolute atomic E-state index is 0.0638. The third-order valence-electron chi connectivity index (χ3n) is 4.52. The maximum absolute atomic E-state index is 13.3. The van der Waals surface area contributed by atoms with Gasteiger partial charge in [-0.1, -0.05) is 18.9 Å². The van der Waals surface area contributed by atoms with Crippen molar-refractivity contribution in [2.24, 2.45) is 0 Å². The molecule has 0 aromatic heterocycles. The van der Waals surface area contributed by atoms with E-state index < -0.39 is 11.8 Å². The van der Waals surface area contributed by atoms with Crippen LogP contribution in [0.1, 0.15) is 41.6 Å². The Morgan fingerprint density at radius 3 is 3.00 bits per heavy atom. The maximum Gasteiger partial charge on any atom is 0.336 e. The summed E-state index contributed by atoms with van der Waals surface area (Å²) in [5, 5.41) is 9.24. The Morgan fingerprint density at radius 1 is 1.38 bits per heavy atom. The summed E-state index contributed by atoms with van der Waals surface area (Å²) in [7, 11) is 0. The first kappa shape index (κ1) is 14.5. The number of hydrogen-bond acceptors (Lipinski definition) is 3. The standard InChI is InChI=1S/C16H20FNO3/c17-12-6-5-11(13(9-12)16(19)20)10-18-7-8-21-15-4-2-1-3-14(15)18/h5-6,9,14-15H,1-4,7-8,10H2,(H,19,20). The van der Waals surface area contributed by atoms with Crippen molar-refractivity contribution in [3.63, 3.8) is 0 Å². The van der Waals surface area contributed by atoms with Crippen LogP contribution >= 0.6 is 0 Å². The number of carboxylic acid groups (broad SMARTS) is 1. The van der Waals surface area contributed by atoms with E-state index in [-0.39, 0.29) is 11.7 Å². The van der Waals surface area contributed by atoms with Crippen LogP contribution in [0, 0.1) is 5.82 Å². The van der Waals surface area contributed by atoms with Crippen molar-refractivity contribution in [2.75, 3.05) is 13.2 Å². The molecule has 1 aliphatic heterocycles. The first-order valence-corrected chi connectivity index (χ1v) is 7.52. The number of halogens is 1. The van der Waals surface area contributed by atoms with Crippen molar-refractivity contribution in [3.05, 3.63) is 35.1 Å². The molecule has 2 aliphatic rings. The molecular weight excluding hydrogens is 273 g/mol. The molecule has 0 radical (unpaired) electrons. The third-order valence-corrected chi connectivity index (χ3v) is 4.52. The number of hydrogen-bond donors (Lipinski definition) is 1. The zero-order chi connectivity index (χ0) is 14.8. The molecule has 0 bridgehead atoms. The number of benzene rings is 1. The van der Waals surface area contributed by atoms with Gasteiger partial charge in [0.2, 0.25) is 0 Å². The van der Waals surface area contributed by atoms with E-state index in [1.165, 1.54) is 18.9 Å². The van der Waals surface area contributed by atoms with Gasteiger partial charge in [0, 0.05) is 19.1 Å². The van der Waals surface area contributed by atoms with E-state index in [0.717, 1.165) is 25.5 Å². The van der Waals surface area contributed by atoms with Gasteiger partial charge in [-0.15, -0.1) is 0 Å². The van der Waals surface area contributed by atoms with E-state index in [1.54, 1.807) is 6.07 Å². The third kappa shape index (κ3) is 3.09. The zero-order valence-electron chi connectivity index (χ0n) is 11.9. The summed E-state index contributed by atoms with van der Waals surface area (Å²) in [5.74, 6) is -1.58. The van der Waals surface area contributed by atoms with Crippen LogP contribution in [-0.4, -0.2) is 41.3 Å². The van der Waals surface area contributed by atoms with Crippen molar-refractivity contribution >= 4 is 5.97 Å². The lowest BCUT2D eigenvalue weighted by Crippen LogP contribution is -2.52. The Bertz CT molecular complexity index is 532. The number of morpholine rings is 1. The van der Waals surface area contributed by atoms with Gasteiger partial charge in [-0.25, -0.2) is 9.18 Å². The van der Waals surface area contributed by atoms with E-state index in [2.05, 4.69) is 4.90 Å². The molecular formula is C16H20FNO3. The van der Waals surface area contributed by atoms with Crippen molar-refractivity contribution in [2.45, 2.75) is 44.4 Å². The predicted octanol–water partition coefficient (Wildman–Crippen LogP) is 2.67. The average Bonchev–Trinajstić information content (AvgIpc) is 2.49. The fourth-order valence-electron chi connectivity index (χ4n) is 3.48. The molecule has 0 amide bonds. The van der Waals surface area contributed by atoms with Crippen molar-refractivity contribution < 1.29 is 19.0 Å². The summed E-state index contributed by atoms with van der Waals surface area (Å²) in [6.07, 6.45) is 4.83. The number of aromatic carboxylic acids is 1. The highest BCUT2D eigenvalue weighted by Gasteiger charge is 2.34. The lowest BCUT2D eigenvalue weighted by Gasteiger charge is -2.44. The van der Waals surface area contributed by atoms with Gasteiger partial charge in [0.05, 0.1) is 18.3 Å². The number of carbonyl (C=O) groups is 1. The molecule has 1 heterocycles. The molecule has 1 aromatic carbocycles. The molecule has 21 heavy (non-hydrogen) atoms. The van der Waals surface area contributed by atoms with Crippen molar-refractivity contribution in [3.8, 4) is 0 Å². The average molecular weight is 293 g/mol.